The van der Waals surface area contributed by atoms with Gasteiger partial charge in [-0.2, -0.15) is 0 Å². The van der Waals surface area contributed by atoms with Crippen molar-refractivity contribution in [3.05, 3.63) is 46.0 Å². The molecule has 0 bridgehead atoms. The van der Waals surface area contributed by atoms with E-state index < -0.39 is 15.3 Å². The number of hydrogen-bond donors (Lipinski definition) is 0. The Morgan fingerprint density at radius 3 is 0.421 bits per heavy atom. The van der Waals surface area contributed by atoms with Crippen LogP contribution in [0.3, 0.4) is 0 Å². The van der Waals surface area contributed by atoms with Gasteiger partial charge in [-0.1, -0.05) is 0 Å². The van der Waals surface area contributed by atoms with Crippen LogP contribution in [-0.4, -0.2) is 48.1 Å². The Labute approximate surface area is 114 Å². The van der Waals surface area contributed by atoms with Gasteiger partial charge in [-0.25, -0.2) is 0 Å². The SMILES string of the molecule is O.O.O.O.O.O.O=[N+]([O-])[O-].O=[N+]([O-])[O-].O=[N+]([O-])[O-].[Zn+3]. The molecule has 119 valence electrons. The maximum Gasteiger partial charge on any atom is 3.00 e. The Morgan fingerprint density at radius 1 is 0.421 bits per heavy atom. The molecule has 19 heteroatoms. The Balaban J connectivity index is -0.00000000675. The monoisotopic (exact) mass is 358 g/mol. The Bertz CT molecular complexity index is 115. The second kappa shape index (κ2) is 73.6. The van der Waals surface area contributed by atoms with Crippen molar-refractivity contribution in [2.75, 3.05) is 0 Å². The van der Waals surface area contributed by atoms with Gasteiger partial charge in [0.15, 0.2) is 0 Å². The molecule has 18 nitrogen and oxygen atoms in total. The maximum absolute atomic E-state index is 8.25. The molecule has 0 spiro atoms. The van der Waals surface area contributed by atoms with Gasteiger partial charge >= 0.3 is 19.5 Å². The van der Waals surface area contributed by atoms with Crippen molar-refractivity contribution in [2.24, 2.45) is 0 Å². The van der Waals surface area contributed by atoms with Gasteiger partial charge in [0.1, 0.15) is 0 Å². The first-order valence-corrected chi connectivity index (χ1v) is 1.64. The van der Waals surface area contributed by atoms with E-state index in [1.165, 1.54) is 0 Å². The fourth-order valence-corrected chi connectivity index (χ4v) is 0. The van der Waals surface area contributed by atoms with Crippen LogP contribution in [0, 0.1) is 46.0 Å². The second-order valence-electron chi connectivity index (χ2n) is 0.671. The zero-order chi connectivity index (χ0) is 10.7. The third-order valence-electron chi connectivity index (χ3n) is 0. The summed E-state index contributed by atoms with van der Waals surface area (Å²) in [7, 11) is 0. The van der Waals surface area contributed by atoms with Crippen LogP contribution in [0.2, 0.25) is 0 Å². The van der Waals surface area contributed by atoms with Crippen molar-refractivity contribution in [1.29, 1.82) is 0 Å². The molecule has 0 saturated carbocycles. The topological polar surface area (TPSA) is 388 Å². The molecular formula is H12N3O15Zn. The van der Waals surface area contributed by atoms with Crippen molar-refractivity contribution >= 4 is 0 Å². The average molecular weight is 359 g/mol. The number of nitrogens with zero attached hydrogens (tertiary/aromatic N) is 3. The Kier molecular flexibility index (Phi) is 345. The first-order chi connectivity index (χ1) is 5.20. The van der Waals surface area contributed by atoms with Crippen LogP contribution in [0.4, 0.5) is 0 Å². The molecule has 0 unspecified atom stereocenters. The zero-order valence-electron chi connectivity index (χ0n) is 8.72. The van der Waals surface area contributed by atoms with Gasteiger partial charge in [0.2, 0.25) is 0 Å². The van der Waals surface area contributed by atoms with Crippen LogP contribution in [0.1, 0.15) is 0 Å². The summed E-state index contributed by atoms with van der Waals surface area (Å²) in [6.07, 6.45) is 0. The summed E-state index contributed by atoms with van der Waals surface area (Å²) in [6, 6.07) is 0. The van der Waals surface area contributed by atoms with Crippen molar-refractivity contribution in [3.63, 3.8) is 0 Å². The summed E-state index contributed by atoms with van der Waals surface area (Å²) >= 11 is 0. The zero-order valence-corrected chi connectivity index (χ0v) is 11.7. The summed E-state index contributed by atoms with van der Waals surface area (Å²) in [4.78, 5) is 24.8. The Morgan fingerprint density at radius 2 is 0.421 bits per heavy atom. The van der Waals surface area contributed by atoms with Crippen LogP contribution >= 0.6 is 0 Å². The molecule has 0 radical (unpaired) electrons. The van der Waals surface area contributed by atoms with Gasteiger partial charge in [-0.3, -0.25) is 0 Å². The Hall–Kier alpha value is -2.02. The standard InChI is InChI=1S/3NO3.6H2O.Zn/c3*2-1(3)4;;;;;;;/h;;;6*1H2;/q3*-1;;;;;;;+3. The third kappa shape index (κ3) is 768. The van der Waals surface area contributed by atoms with Crippen molar-refractivity contribution in [1.82, 2.24) is 0 Å². The molecule has 0 heterocycles. The van der Waals surface area contributed by atoms with Gasteiger partial charge in [-0.15, -0.1) is 0 Å². The quantitative estimate of drug-likeness (QED) is 0.225. The molecule has 0 aliphatic rings. The molecule has 0 rings (SSSR count). The minimum atomic E-state index is -1.75. The smallest absolute Gasteiger partial charge is 0.412 e. The molecule has 0 atom stereocenters. The summed E-state index contributed by atoms with van der Waals surface area (Å²) in [5.74, 6) is 0. The van der Waals surface area contributed by atoms with E-state index in [1.807, 2.05) is 0 Å². The normalized spacial score (nSPS) is 3.79. The van der Waals surface area contributed by atoms with E-state index in [9.17, 15) is 0 Å². The minimum absolute atomic E-state index is 0. The van der Waals surface area contributed by atoms with Gasteiger partial charge in [0.05, 0.1) is 15.3 Å². The van der Waals surface area contributed by atoms with Crippen molar-refractivity contribution in [2.45, 2.75) is 0 Å². The van der Waals surface area contributed by atoms with E-state index in [0.29, 0.717) is 0 Å². The van der Waals surface area contributed by atoms with Crippen LogP contribution < -0.4 is 0 Å². The van der Waals surface area contributed by atoms with Gasteiger partial charge in [-0.05, 0) is 0 Å². The summed E-state index contributed by atoms with van der Waals surface area (Å²) in [5.41, 5.74) is 0. The molecule has 0 saturated heterocycles. The first-order valence-electron chi connectivity index (χ1n) is 1.64. The van der Waals surface area contributed by atoms with E-state index in [-0.39, 0.29) is 52.3 Å². The van der Waals surface area contributed by atoms with E-state index in [4.69, 9.17) is 46.0 Å². The summed E-state index contributed by atoms with van der Waals surface area (Å²) in [6.45, 7) is 0. The molecule has 0 fully saturated rings. The van der Waals surface area contributed by atoms with Crippen molar-refractivity contribution < 1.29 is 67.6 Å². The second-order valence-corrected chi connectivity index (χ2v) is 0.671. The molecular weight excluding hydrogens is 347 g/mol. The number of hydrogen-bond acceptors (Lipinski definition) is 9. The largest absolute Gasteiger partial charge is 3.00 e. The molecule has 0 aromatic carbocycles. The fraction of sp³-hybridized carbons (Fsp3) is 0. The predicted octanol–water partition coefficient (Wildman–Crippen LogP) is -5.67. The van der Waals surface area contributed by atoms with E-state index >= 15 is 0 Å². The molecule has 0 amide bonds. The van der Waals surface area contributed by atoms with Gasteiger partial charge in [0, 0.05) is 0 Å². The minimum Gasteiger partial charge on any atom is -0.412 e. The molecule has 12 N–H and O–H groups in total. The van der Waals surface area contributed by atoms with E-state index in [0.717, 1.165) is 0 Å². The molecule has 0 aliphatic carbocycles. The third-order valence-corrected chi connectivity index (χ3v) is 0. The van der Waals surface area contributed by atoms with Gasteiger partial charge in [0.25, 0.3) is 0 Å². The number of rotatable bonds is 0. The van der Waals surface area contributed by atoms with Crippen LogP contribution in [0.25, 0.3) is 0 Å². The van der Waals surface area contributed by atoms with Crippen LogP contribution in [-0.2, 0) is 19.5 Å². The molecule has 0 aromatic heterocycles. The van der Waals surface area contributed by atoms with Gasteiger partial charge < -0.3 is 78.8 Å². The maximum atomic E-state index is 8.25. The first kappa shape index (κ1) is 89.0. The predicted molar refractivity (Wildman–Crippen MR) is 52.8 cm³/mol. The molecule has 0 aromatic rings. The van der Waals surface area contributed by atoms with Crippen molar-refractivity contribution in [3.8, 4) is 0 Å². The van der Waals surface area contributed by atoms with E-state index in [1.54, 1.807) is 0 Å². The fourth-order valence-electron chi connectivity index (χ4n) is 0. The molecule has 19 heavy (non-hydrogen) atoms. The molecule has 0 aliphatic heterocycles. The summed E-state index contributed by atoms with van der Waals surface area (Å²) < 4.78 is 0. The average Bonchev–Trinajstić information content (AvgIpc) is 1.54. The summed E-state index contributed by atoms with van der Waals surface area (Å²) in [5, 5.41) is 44.2. The van der Waals surface area contributed by atoms with E-state index in [2.05, 4.69) is 0 Å². The van der Waals surface area contributed by atoms with Crippen LogP contribution in [0.15, 0.2) is 0 Å². The van der Waals surface area contributed by atoms with Crippen LogP contribution in [0.5, 0.6) is 0 Å².